The molecule has 2 aromatic rings. The Hall–Kier alpha value is -2.99. The van der Waals surface area contributed by atoms with Crippen LogP contribution in [-0.2, 0) is 9.59 Å². The van der Waals surface area contributed by atoms with Gasteiger partial charge in [0.05, 0.1) is 13.1 Å². The van der Waals surface area contributed by atoms with Crippen LogP contribution in [0.1, 0.15) is 34.0 Å². The maximum atomic E-state index is 12.3. The second kappa shape index (κ2) is 9.28. The molecule has 6 nitrogen and oxygen atoms in total. The summed E-state index contributed by atoms with van der Waals surface area (Å²) in [6.07, 6.45) is 0. The number of likely N-dealkylation sites (N-methyl/N-ethyl adjacent to an activating group) is 1. The molecular formula is C22H27N3O3. The number of aryl methyl sites for hydroxylation is 3. The summed E-state index contributed by atoms with van der Waals surface area (Å²) in [5.74, 6) is -0.424. The molecule has 0 bridgehead atoms. The van der Waals surface area contributed by atoms with Crippen molar-refractivity contribution in [1.82, 2.24) is 4.90 Å². The molecule has 0 aliphatic heterocycles. The van der Waals surface area contributed by atoms with Gasteiger partial charge in [-0.05, 0) is 70.1 Å². The topological polar surface area (TPSA) is 78.5 Å². The Morgan fingerprint density at radius 1 is 0.857 bits per heavy atom. The number of amides is 2. The zero-order valence-electron chi connectivity index (χ0n) is 17.1. The molecule has 0 aliphatic rings. The van der Waals surface area contributed by atoms with E-state index in [1.54, 1.807) is 36.2 Å². The molecule has 0 heterocycles. The summed E-state index contributed by atoms with van der Waals surface area (Å²) in [7, 11) is 1.72. The second-order valence-electron chi connectivity index (χ2n) is 7.18. The number of carbonyl (C=O) groups excluding carboxylic acids is 3. The van der Waals surface area contributed by atoms with Crippen LogP contribution in [-0.4, -0.2) is 42.6 Å². The largest absolute Gasteiger partial charge is 0.325 e. The van der Waals surface area contributed by atoms with Crippen molar-refractivity contribution in [3.8, 4) is 0 Å². The molecule has 0 aromatic heterocycles. The Balaban J connectivity index is 1.87. The van der Waals surface area contributed by atoms with E-state index in [9.17, 15) is 14.4 Å². The van der Waals surface area contributed by atoms with Gasteiger partial charge in [-0.15, -0.1) is 0 Å². The number of Topliss-reactive ketones (excluding diaryl/α,β-unsaturated/α-hetero) is 1. The van der Waals surface area contributed by atoms with Crippen molar-refractivity contribution < 1.29 is 14.4 Å². The quantitative estimate of drug-likeness (QED) is 0.721. The number of rotatable bonds is 7. The van der Waals surface area contributed by atoms with Gasteiger partial charge < -0.3 is 10.6 Å². The number of benzene rings is 2. The maximum absolute atomic E-state index is 12.3. The van der Waals surface area contributed by atoms with Crippen LogP contribution in [0.2, 0.25) is 0 Å². The summed E-state index contributed by atoms with van der Waals surface area (Å²) in [5.41, 5.74) is 5.20. The highest BCUT2D eigenvalue weighted by Crippen LogP contribution is 2.21. The summed E-state index contributed by atoms with van der Waals surface area (Å²) >= 11 is 0. The monoisotopic (exact) mass is 381 g/mol. The number of anilines is 2. The van der Waals surface area contributed by atoms with Crippen LogP contribution >= 0.6 is 0 Å². The minimum absolute atomic E-state index is 0.0253. The summed E-state index contributed by atoms with van der Waals surface area (Å²) in [6.45, 7) is 7.62. The van der Waals surface area contributed by atoms with Gasteiger partial charge in [-0.3, -0.25) is 19.3 Å². The van der Waals surface area contributed by atoms with Crippen molar-refractivity contribution in [2.24, 2.45) is 0 Å². The van der Waals surface area contributed by atoms with E-state index < -0.39 is 0 Å². The molecule has 6 heteroatoms. The van der Waals surface area contributed by atoms with Crippen LogP contribution < -0.4 is 10.6 Å². The molecule has 2 N–H and O–H groups in total. The normalized spacial score (nSPS) is 10.6. The predicted molar refractivity (Wildman–Crippen MR) is 112 cm³/mol. The summed E-state index contributed by atoms with van der Waals surface area (Å²) in [4.78, 5) is 37.4. The Labute approximate surface area is 165 Å². The van der Waals surface area contributed by atoms with Crippen LogP contribution in [0.15, 0.2) is 36.4 Å². The van der Waals surface area contributed by atoms with Crippen LogP contribution in [0.4, 0.5) is 11.4 Å². The molecular weight excluding hydrogens is 354 g/mol. The van der Waals surface area contributed by atoms with E-state index in [0.717, 1.165) is 22.4 Å². The van der Waals surface area contributed by atoms with Gasteiger partial charge in [0.1, 0.15) is 0 Å². The van der Waals surface area contributed by atoms with E-state index in [1.807, 2.05) is 32.9 Å². The molecule has 148 valence electrons. The predicted octanol–water partition coefficient (Wildman–Crippen LogP) is 3.32. The Bertz CT molecular complexity index is 865. The smallest absolute Gasteiger partial charge is 0.238 e. The minimum Gasteiger partial charge on any atom is -0.325 e. The van der Waals surface area contributed by atoms with Gasteiger partial charge in [-0.25, -0.2) is 0 Å². The molecule has 2 aromatic carbocycles. The first-order valence-electron chi connectivity index (χ1n) is 9.13. The summed E-state index contributed by atoms with van der Waals surface area (Å²) in [5, 5.41) is 5.69. The lowest BCUT2D eigenvalue weighted by molar-refractivity contribution is -0.119. The number of nitrogens with zero attached hydrogens (tertiary/aromatic N) is 1. The zero-order chi connectivity index (χ0) is 20.8. The lowest BCUT2D eigenvalue weighted by Crippen LogP contribution is -2.36. The molecule has 0 fully saturated rings. The summed E-state index contributed by atoms with van der Waals surface area (Å²) < 4.78 is 0. The van der Waals surface area contributed by atoms with Crippen molar-refractivity contribution in [2.45, 2.75) is 27.7 Å². The first kappa shape index (κ1) is 21.3. The van der Waals surface area contributed by atoms with E-state index in [-0.39, 0.29) is 30.7 Å². The van der Waals surface area contributed by atoms with Gasteiger partial charge in [0.15, 0.2) is 5.78 Å². The van der Waals surface area contributed by atoms with Gasteiger partial charge in [0.25, 0.3) is 0 Å². The van der Waals surface area contributed by atoms with E-state index in [2.05, 4.69) is 10.6 Å². The molecule has 0 aliphatic carbocycles. The molecule has 0 atom stereocenters. The lowest BCUT2D eigenvalue weighted by Gasteiger charge is -2.18. The van der Waals surface area contributed by atoms with Crippen molar-refractivity contribution in [3.63, 3.8) is 0 Å². The number of hydrogen-bond acceptors (Lipinski definition) is 4. The third kappa shape index (κ3) is 6.03. The molecule has 2 rings (SSSR count). The first-order chi connectivity index (χ1) is 13.2. The molecule has 0 spiro atoms. The molecule has 2 amide bonds. The molecule has 0 radical (unpaired) electrons. The fourth-order valence-electron chi connectivity index (χ4n) is 3.09. The van der Waals surface area contributed by atoms with Gasteiger partial charge in [-0.2, -0.15) is 0 Å². The van der Waals surface area contributed by atoms with E-state index in [1.165, 1.54) is 6.92 Å². The minimum atomic E-state index is -0.228. The Kier molecular flexibility index (Phi) is 7.06. The second-order valence-corrected chi connectivity index (χ2v) is 7.18. The van der Waals surface area contributed by atoms with Gasteiger partial charge in [-0.1, -0.05) is 17.7 Å². The van der Waals surface area contributed by atoms with E-state index >= 15 is 0 Å². The molecule has 0 saturated heterocycles. The van der Waals surface area contributed by atoms with Gasteiger partial charge in [0.2, 0.25) is 11.8 Å². The third-order valence-electron chi connectivity index (χ3n) is 4.34. The first-order valence-corrected chi connectivity index (χ1v) is 9.13. The average Bonchev–Trinajstić information content (AvgIpc) is 2.58. The number of nitrogens with one attached hydrogen (secondary N) is 2. The number of hydrogen-bond donors (Lipinski definition) is 2. The molecule has 28 heavy (non-hydrogen) atoms. The third-order valence-corrected chi connectivity index (χ3v) is 4.34. The maximum Gasteiger partial charge on any atom is 0.238 e. The summed E-state index contributed by atoms with van der Waals surface area (Å²) in [6, 6.07) is 10.8. The number of carbonyl (C=O) groups is 3. The number of ketones is 1. The Morgan fingerprint density at radius 2 is 1.36 bits per heavy atom. The highest BCUT2D eigenvalue weighted by atomic mass is 16.2. The fraction of sp³-hybridized carbons (Fsp3) is 0.318. The van der Waals surface area contributed by atoms with Crippen molar-refractivity contribution in [3.05, 3.63) is 58.7 Å². The average molecular weight is 381 g/mol. The van der Waals surface area contributed by atoms with Crippen molar-refractivity contribution >= 4 is 29.0 Å². The Morgan fingerprint density at radius 3 is 1.86 bits per heavy atom. The highest BCUT2D eigenvalue weighted by Gasteiger charge is 2.13. The lowest BCUT2D eigenvalue weighted by atomic mass is 10.1. The fourth-order valence-corrected chi connectivity index (χ4v) is 3.09. The van der Waals surface area contributed by atoms with Crippen LogP contribution in [0.5, 0.6) is 0 Å². The van der Waals surface area contributed by atoms with Crippen molar-refractivity contribution in [1.29, 1.82) is 0 Å². The van der Waals surface area contributed by atoms with E-state index in [0.29, 0.717) is 11.3 Å². The zero-order valence-corrected chi connectivity index (χ0v) is 17.1. The van der Waals surface area contributed by atoms with Crippen LogP contribution in [0.25, 0.3) is 0 Å². The van der Waals surface area contributed by atoms with Crippen LogP contribution in [0, 0.1) is 20.8 Å². The standard InChI is InChI=1S/C22H27N3O3/c1-14-10-15(2)22(16(3)11-14)24-21(28)13-25(5)12-20(27)23-19-8-6-18(7-9-19)17(4)26/h6-11H,12-13H2,1-5H3,(H,23,27)(H,24,28). The molecule has 0 unspecified atom stereocenters. The van der Waals surface area contributed by atoms with Gasteiger partial charge in [0, 0.05) is 16.9 Å². The van der Waals surface area contributed by atoms with Gasteiger partial charge >= 0.3 is 0 Å². The van der Waals surface area contributed by atoms with Crippen molar-refractivity contribution in [2.75, 3.05) is 30.8 Å². The molecule has 0 saturated carbocycles. The van der Waals surface area contributed by atoms with Crippen LogP contribution in [0.3, 0.4) is 0 Å². The SMILES string of the molecule is CC(=O)c1ccc(NC(=O)CN(C)CC(=O)Nc2c(C)cc(C)cc2C)cc1. The highest BCUT2D eigenvalue weighted by molar-refractivity contribution is 5.97. The van der Waals surface area contributed by atoms with E-state index in [4.69, 9.17) is 0 Å².